The van der Waals surface area contributed by atoms with Gasteiger partial charge in [-0.2, -0.15) is 0 Å². The second-order valence-corrected chi connectivity index (χ2v) is 8.51. The largest absolute Gasteiger partial charge is 0.463 e. The van der Waals surface area contributed by atoms with Crippen molar-refractivity contribution in [2.24, 2.45) is 0 Å². The number of hydrogen-bond acceptors (Lipinski definition) is 4. The normalized spacial score (nSPS) is 23.9. The minimum atomic E-state index is -0.334. The van der Waals surface area contributed by atoms with Crippen LogP contribution in [0.1, 0.15) is 39.7 Å². The van der Waals surface area contributed by atoms with Gasteiger partial charge in [-0.1, -0.05) is 0 Å². The fourth-order valence-corrected chi connectivity index (χ4v) is 3.63. The number of nitrogens with zero attached hydrogens (tertiary/aromatic N) is 3. The van der Waals surface area contributed by atoms with Gasteiger partial charge in [0.15, 0.2) is 0 Å². The quantitative estimate of drug-likeness (QED) is 0.844. The number of aromatic nitrogens is 2. The summed E-state index contributed by atoms with van der Waals surface area (Å²) in [4.78, 5) is 18.7. The van der Waals surface area contributed by atoms with E-state index in [2.05, 4.69) is 38.0 Å². The van der Waals surface area contributed by atoms with Crippen LogP contribution >= 0.6 is 0 Å². The minimum Gasteiger partial charge on any atom is -0.403 e. The van der Waals surface area contributed by atoms with E-state index in [0.717, 1.165) is 24.2 Å². The number of likely N-dealkylation sites (tertiary alicyclic amines) is 1. The molecule has 0 saturated carbocycles. The highest BCUT2D eigenvalue weighted by Gasteiger charge is 2.54. The highest BCUT2D eigenvalue weighted by molar-refractivity contribution is 6.47. The van der Waals surface area contributed by atoms with Gasteiger partial charge in [0.2, 0.25) is 0 Å². The Hall–Kier alpha value is -2.06. The first kappa shape index (κ1) is 18.3. The summed E-state index contributed by atoms with van der Waals surface area (Å²) in [6, 6.07) is 3.93. The van der Waals surface area contributed by atoms with Gasteiger partial charge in [0.25, 0.3) is 0 Å². The molecule has 8 heteroatoms. The molecule has 0 aliphatic carbocycles. The predicted molar refractivity (Wildman–Crippen MR) is 103 cm³/mol. The molecule has 2 amide bonds. The molecular formula is C19H27BN4O3. The zero-order valence-electron chi connectivity index (χ0n) is 16.4. The molecule has 0 spiro atoms. The van der Waals surface area contributed by atoms with Crippen LogP contribution < -0.4 is 5.32 Å². The molecule has 27 heavy (non-hydrogen) atoms. The average molecular weight is 370 g/mol. The Kier molecular flexibility index (Phi) is 4.43. The van der Waals surface area contributed by atoms with Crippen LogP contribution in [0.15, 0.2) is 30.7 Å². The van der Waals surface area contributed by atoms with Crippen LogP contribution in [-0.4, -0.2) is 51.7 Å². The van der Waals surface area contributed by atoms with Gasteiger partial charge in [0.05, 0.1) is 11.2 Å². The molecule has 2 aromatic rings. The lowest BCUT2D eigenvalue weighted by Gasteiger charge is -2.32. The Balaban J connectivity index is 1.31. The predicted octanol–water partition coefficient (Wildman–Crippen LogP) is 2.71. The Morgan fingerprint density at radius 3 is 2.78 bits per heavy atom. The maximum atomic E-state index is 12.6. The molecule has 0 aromatic carbocycles. The molecule has 2 aliphatic heterocycles. The van der Waals surface area contributed by atoms with Crippen molar-refractivity contribution in [2.75, 3.05) is 13.1 Å². The van der Waals surface area contributed by atoms with E-state index in [-0.39, 0.29) is 30.2 Å². The summed E-state index contributed by atoms with van der Waals surface area (Å²) >= 11 is 0. The van der Waals surface area contributed by atoms with Crippen molar-refractivity contribution < 1.29 is 14.1 Å². The van der Waals surface area contributed by atoms with Gasteiger partial charge in [-0.05, 0) is 51.8 Å². The topological polar surface area (TPSA) is 68.1 Å². The van der Waals surface area contributed by atoms with Crippen LogP contribution in [0.5, 0.6) is 0 Å². The lowest BCUT2D eigenvalue weighted by atomic mass is 9.71. The van der Waals surface area contributed by atoms with Gasteiger partial charge in [0.1, 0.15) is 5.65 Å². The zero-order valence-corrected chi connectivity index (χ0v) is 16.4. The minimum absolute atomic E-state index is 0.0442. The molecule has 2 aromatic heterocycles. The maximum Gasteiger partial charge on any atom is 0.463 e. The van der Waals surface area contributed by atoms with Gasteiger partial charge in [-0.15, -0.1) is 0 Å². The molecule has 1 unspecified atom stereocenters. The van der Waals surface area contributed by atoms with E-state index in [4.69, 9.17) is 9.31 Å². The van der Waals surface area contributed by atoms with Crippen molar-refractivity contribution in [3.8, 4) is 0 Å². The van der Waals surface area contributed by atoms with Crippen molar-refractivity contribution in [1.82, 2.24) is 19.6 Å². The van der Waals surface area contributed by atoms with Crippen molar-refractivity contribution in [1.29, 1.82) is 0 Å². The summed E-state index contributed by atoms with van der Waals surface area (Å²) in [5.41, 5.74) is 1.24. The molecule has 7 nitrogen and oxygen atoms in total. The van der Waals surface area contributed by atoms with Crippen LogP contribution in [0.2, 0.25) is 5.82 Å². The molecule has 4 heterocycles. The highest BCUT2D eigenvalue weighted by atomic mass is 16.7. The summed E-state index contributed by atoms with van der Waals surface area (Å²) in [6.07, 6.45) is 6.51. The Morgan fingerprint density at radius 1 is 1.30 bits per heavy atom. The Morgan fingerprint density at radius 2 is 2.04 bits per heavy atom. The third-order valence-corrected chi connectivity index (χ3v) is 6.07. The summed E-state index contributed by atoms with van der Waals surface area (Å²) in [5, 5.41) is 3.01. The zero-order chi connectivity index (χ0) is 19.2. The van der Waals surface area contributed by atoms with E-state index in [1.165, 1.54) is 0 Å². The Labute approximate surface area is 160 Å². The van der Waals surface area contributed by atoms with Gasteiger partial charge in [-0.3, -0.25) is 0 Å². The number of hydrogen-bond donors (Lipinski definition) is 1. The summed E-state index contributed by atoms with van der Waals surface area (Å²) < 4.78 is 14.2. The second kappa shape index (κ2) is 6.53. The van der Waals surface area contributed by atoms with Crippen LogP contribution in [-0.2, 0) is 15.9 Å². The molecule has 144 valence electrons. The molecule has 1 N–H and O–H groups in total. The van der Waals surface area contributed by atoms with Crippen LogP contribution in [0.3, 0.4) is 0 Å². The van der Waals surface area contributed by atoms with E-state index in [0.29, 0.717) is 13.1 Å². The summed E-state index contributed by atoms with van der Waals surface area (Å²) in [6.45, 7) is 10.1. The van der Waals surface area contributed by atoms with Crippen molar-refractivity contribution in [3.63, 3.8) is 0 Å². The molecule has 2 saturated heterocycles. The van der Waals surface area contributed by atoms with Gasteiger partial charge < -0.3 is 23.9 Å². The monoisotopic (exact) mass is 370 g/mol. The molecule has 2 aliphatic rings. The van der Waals surface area contributed by atoms with Gasteiger partial charge in [0, 0.05) is 44.0 Å². The van der Waals surface area contributed by atoms with E-state index in [1.54, 1.807) is 6.20 Å². The highest BCUT2D eigenvalue weighted by Crippen LogP contribution is 2.42. The smallest absolute Gasteiger partial charge is 0.403 e. The van der Waals surface area contributed by atoms with E-state index < -0.39 is 0 Å². The number of fused-ring (bicyclic) bond motifs is 1. The number of amides is 2. The fourth-order valence-electron chi connectivity index (χ4n) is 3.63. The van der Waals surface area contributed by atoms with Crippen molar-refractivity contribution in [2.45, 2.75) is 57.7 Å². The maximum absolute atomic E-state index is 12.6. The number of nitrogens with one attached hydrogen (secondary N) is 1. The molecule has 2 fully saturated rings. The standard InChI is InChI=1S/C19H27BN4O3/c1-18(2)19(3,4)27-20(26-18)15-6-9-24(13-15)17(25)22-12-14-5-8-23-10-7-21-16(23)11-14/h5,7-8,10-11,15H,6,9,12-13H2,1-4H3,(H,22,25). The van der Waals surface area contributed by atoms with Gasteiger partial charge >= 0.3 is 13.1 Å². The number of pyridine rings is 1. The number of carbonyl (C=O) groups excluding carboxylic acids is 1. The fraction of sp³-hybridized carbons (Fsp3) is 0.579. The van der Waals surface area contributed by atoms with Crippen LogP contribution in [0.25, 0.3) is 5.65 Å². The molecule has 4 rings (SSSR count). The number of imidazole rings is 1. The average Bonchev–Trinajstić information content (AvgIpc) is 3.30. The van der Waals surface area contributed by atoms with Crippen molar-refractivity contribution >= 4 is 18.8 Å². The van der Waals surface area contributed by atoms with Crippen LogP contribution in [0.4, 0.5) is 4.79 Å². The first-order valence-corrected chi connectivity index (χ1v) is 9.55. The first-order valence-electron chi connectivity index (χ1n) is 9.55. The van der Waals surface area contributed by atoms with Gasteiger partial charge in [-0.25, -0.2) is 9.78 Å². The lowest BCUT2D eigenvalue weighted by molar-refractivity contribution is 0.00578. The molecular weight excluding hydrogens is 343 g/mol. The van der Waals surface area contributed by atoms with Crippen LogP contribution in [0, 0.1) is 0 Å². The number of carbonyl (C=O) groups is 1. The number of urea groups is 1. The first-order chi connectivity index (χ1) is 12.7. The third kappa shape index (κ3) is 3.43. The molecule has 0 bridgehead atoms. The summed E-state index contributed by atoms with van der Waals surface area (Å²) in [7, 11) is -0.254. The number of rotatable bonds is 3. The van der Waals surface area contributed by atoms with E-state index >= 15 is 0 Å². The third-order valence-electron chi connectivity index (χ3n) is 6.07. The lowest BCUT2D eigenvalue weighted by Crippen LogP contribution is -2.41. The summed E-state index contributed by atoms with van der Waals surface area (Å²) in [5.74, 6) is 0.207. The SMILES string of the molecule is CC1(C)OB(C2CCN(C(=O)NCc3ccn4ccnc4c3)C2)OC1(C)C. The molecule has 0 radical (unpaired) electrons. The Bertz CT molecular complexity index is 834. The molecule has 1 atom stereocenters. The van der Waals surface area contributed by atoms with Crippen molar-refractivity contribution in [3.05, 3.63) is 36.3 Å². The van der Waals surface area contributed by atoms with E-state index in [1.807, 2.05) is 33.8 Å². The van der Waals surface area contributed by atoms with E-state index in [9.17, 15) is 4.79 Å². The second-order valence-electron chi connectivity index (χ2n) is 8.51.